The molecule has 5 heteroatoms. The van der Waals surface area contributed by atoms with Gasteiger partial charge < -0.3 is 4.90 Å². The molecule has 0 unspecified atom stereocenters. The van der Waals surface area contributed by atoms with Gasteiger partial charge in [0.15, 0.2) is 0 Å². The molecule has 0 fully saturated rings. The Bertz CT molecular complexity index is 634. The second kappa shape index (κ2) is 5.07. The third kappa shape index (κ3) is 2.19. The minimum atomic E-state index is 0.0510. The normalized spacial score (nSPS) is 14.2. The number of hydrogen-bond acceptors (Lipinski definition) is 3. The van der Waals surface area contributed by atoms with E-state index in [1.54, 1.807) is 12.4 Å². The number of aromatic nitrogens is 3. The first-order chi connectivity index (χ1) is 9.69. The van der Waals surface area contributed by atoms with Crippen molar-refractivity contribution in [1.82, 2.24) is 20.1 Å². The summed E-state index contributed by atoms with van der Waals surface area (Å²) in [4.78, 5) is 18.5. The van der Waals surface area contributed by atoms with Gasteiger partial charge in [-0.15, -0.1) is 0 Å². The molecule has 0 aromatic carbocycles. The highest BCUT2D eigenvalue weighted by atomic mass is 16.2. The number of aryl methyl sites for hydroxylation is 2. The third-order valence-electron chi connectivity index (χ3n) is 3.76. The van der Waals surface area contributed by atoms with Crippen LogP contribution in [0.5, 0.6) is 0 Å². The molecule has 1 aliphatic rings. The van der Waals surface area contributed by atoms with Crippen LogP contribution in [-0.4, -0.2) is 32.5 Å². The molecule has 1 aliphatic heterocycles. The van der Waals surface area contributed by atoms with E-state index in [2.05, 4.69) is 22.1 Å². The van der Waals surface area contributed by atoms with Crippen LogP contribution in [0.25, 0.3) is 0 Å². The maximum Gasteiger partial charge on any atom is 0.255 e. The Morgan fingerprint density at radius 2 is 2.30 bits per heavy atom. The molecule has 0 radical (unpaired) electrons. The van der Waals surface area contributed by atoms with Crippen molar-refractivity contribution in [3.05, 3.63) is 46.5 Å². The highest BCUT2D eigenvalue weighted by Crippen LogP contribution is 2.22. The number of carbonyl (C=O) groups is 1. The summed E-state index contributed by atoms with van der Waals surface area (Å²) in [5, 5.41) is 7.41. The van der Waals surface area contributed by atoms with Crippen LogP contribution in [0.2, 0.25) is 0 Å². The highest BCUT2D eigenvalue weighted by molar-refractivity contribution is 5.94. The molecule has 0 saturated heterocycles. The summed E-state index contributed by atoms with van der Waals surface area (Å²) in [5.41, 5.74) is 5.10. The van der Waals surface area contributed by atoms with E-state index in [1.165, 1.54) is 11.3 Å². The van der Waals surface area contributed by atoms with Crippen molar-refractivity contribution in [1.29, 1.82) is 0 Å². The van der Waals surface area contributed by atoms with Crippen LogP contribution in [0.3, 0.4) is 0 Å². The molecule has 3 heterocycles. The van der Waals surface area contributed by atoms with Gasteiger partial charge >= 0.3 is 0 Å². The lowest BCUT2D eigenvalue weighted by Gasteiger charge is -2.27. The highest BCUT2D eigenvalue weighted by Gasteiger charge is 2.25. The number of carbonyl (C=O) groups excluding carboxylic acids is 1. The van der Waals surface area contributed by atoms with Gasteiger partial charge in [0, 0.05) is 43.2 Å². The zero-order valence-electron chi connectivity index (χ0n) is 11.8. The van der Waals surface area contributed by atoms with E-state index < -0.39 is 0 Å². The average molecular weight is 270 g/mol. The number of fused-ring (bicyclic) bond motifs is 1. The van der Waals surface area contributed by atoms with Crippen LogP contribution in [0.1, 0.15) is 39.8 Å². The molecule has 3 rings (SSSR count). The van der Waals surface area contributed by atoms with Gasteiger partial charge in [-0.1, -0.05) is 6.92 Å². The number of H-pyrrole nitrogens is 1. The maximum absolute atomic E-state index is 12.5. The van der Waals surface area contributed by atoms with Crippen LogP contribution in [-0.2, 0) is 19.4 Å². The number of amides is 1. The molecule has 1 amide bonds. The average Bonchev–Trinajstić information content (AvgIpc) is 2.88. The molecule has 0 bridgehead atoms. The first-order valence-electron chi connectivity index (χ1n) is 6.95. The molecule has 0 atom stereocenters. The zero-order valence-corrected chi connectivity index (χ0v) is 11.8. The van der Waals surface area contributed by atoms with Crippen LogP contribution in [0.4, 0.5) is 0 Å². The van der Waals surface area contributed by atoms with Crippen molar-refractivity contribution in [2.24, 2.45) is 0 Å². The van der Waals surface area contributed by atoms with E-state index in [9.17, 15) is 4.79 Å². The van der Waals surface area contributed by atoms with Crippen molar-refractivity contribution < 1.29 is 4.79 Å². The zero-order chi connectivity index (χ0) is 14.1. The quantitative estimate of drug-likeness (QED) is 0.906. The molecule has 2 aromatic rings. The molecule has 0 spiro atoms. The summed E-state index contributed by atoms with van der Waals surface area (Å²) in [5.74, 6) is 0.0510. The number of nitrogens with zero attached hydrogens (tertiary/aromatic N) is 3. The summed E-state index contributed by atoms with van der Waals surface area (Å²) < 4.78 is 0. The Morgan fingerprint density at radius 1 is 1.45 bits per heavy atom. The SMILES string of the molecule is CCc1n[nH]c2c1CN(C(=O)c1cncc(C)c1)CC2. The van der Waals surface area contributed by atoms with Gasteiger partial charge in [0.2, 0.25) is 0 Å². The topological polar surface area (TPSA) is 61.9 Å². The first kappa shape index (κ1) is 12.8. The van der Waals surface area contributed by atoms with E-state index >= 15 is 0 Å². The van der Waals surface area contributed by atoms with Crippen molar-refractivity contribution in [3.8, 4) is 0 Å². The third-order valence-corrected chi connectivity index (χ3v) is 3.76. The Kier molecular flexibility index (Phi) is 3.26. The summed E-state index contributed by atoms with van der Waals surface area (Å²) in [6.07, 6.45) is 5.13. The van der Waals surface area contributed by atoms with Gasteiger partial charge in [-0.25, -0.2) is 0 Å². The Balaban J connectivity index is 1.84. The van der Waals surface area contributed by atoms with Gasteiger partial charge in [0.05, 0.1) is 11.3 Å². The van der Waals surface area contributed by atoms with Crippen molar-refractivity contribution in [2.45, 2.75) is 33.2 Å². The predicted octanol–water partition coefficient (Wildman–Crippen LogP) is 1.87. The van der Waals surface area contributed by atoms with Crippen molar-refractivity contribution in [2.75, 3.05) is 6.54 Å². The van der Waals surface area contributed by atoms with Gasteiger partial charge in [-0.05, 0) is 25.0 Å². The van der Waals surface area contributed by atoms with Crippen LogP contribution >= 0.6 is 0 Å². The fourth-order valence-electron chi connectivity index (χ4n) is 2.67. The van der Waals surface area contributed by atoms with Gasteiger partial charge in [0.25, 0.3) is 5.91 Å². The molecule has 1 N–H and O–H groups in total. The lowest BCUT2D eigenvalue weighted by atomic mass is 10.0. The fourth-order valence-corrected chi connectivity index (χ4v) is 2.67. The Hall–Kier alpha value is -2.17. The van der Waals surface area contributed by atoms with E-state index in [0.29, 0.717) is 12.1 Å². The predicted molar refractivity (Wildman–Crippen MR) is 75.4 cm³/mol. The number of pyridine rings is 1. The second-order valence-electron chi connectivity index (χ2n) is 5.21. The van der Waals surface area contributed by atoms with Gasteiger partial charge in [-0.3, -0.25) is 14.9 Å². The van der Waals surface area contributed by atoms with E-state index in [0.717, 1.165) is 30.6 Å². The summed E-state index contributed by atoms with van der Waals surface area (Å²) in [7, 11) is 0. The molecule has 2 aromatic heterocycles. The summed E-state index contributed by atoms with van der Waals surface area (Å²) in [6, 6.07) is 1.89. The van der Waals surface area contributed by atoms with E-state index in [-0.39, 0.29) is 5.91 Å². The molecule has 0 aliphatic carbocycles. The lowest BCUT2D eigenvalue weighted by molar-refractivity contribution is 0.0733. The largest absolute Gasteiger partial charge is 0.334 e. The van der Waals surface area contributed by atoms with Crippen LogP contribution < -0.4 is 0 Å². The van der Waals surface area contributed by atoms with E-state index in [1.807, 2.05) is 17.9 Å². The van der Waals surface area contributed by atoms with E-state index in [4.69, 9.17) is 0 Å². The number of rotatable bonds is 2. The lowest BCUT2D eigenvalue weighted by Crippen LogP contribution is -2.36. The van der Waals surface area contributed by atoms with Crippen LogP contribution in [0, 0.1) is 6.92 Å². The summed E-state index contributed by atoms with van der Waals surface area (Å²) >= 11 is 0. The first-order valence-corrected chi connectivity index (χ1v) is 6.95. The van der Waals surface area contributed by atoms with Crippen molar-refractivity contribution in [3.63, 3.8) is 0 Å². The monoisotopic (exact) mass is 270 g/mol. The Morgan fingerprint density at radius 3 is 3.05 bits per heavy atom. The van der Waals surface area contributed by atoms with Crippen molar-refractivity contribution >= 4 is 5.91 Å². The minimum Gasteiger partial charge on any atom is -0.334 e. The van der Waals surface area contributed by atoms with Gasteiger partial charge in [-0.2, -0.15) is 5.10 Å². The molecular weight excluding hydrogens is 252 g/mol. The molecule has 20 heavy (non-hydrogen) atoms. The van der Waals surface area contributed by atoms with Gasteiger partial charge in [0.1, 0.15) is 0 Å². The smallest absolute Gasteiger partial charge is 0.255 e. The number of hydrogen-bond donors (Lipinski definition) is 1. The second-order valence-corrected chi connectivity index (χ2v) is 5.21. The maximum atomic E-state index is 12.5. The Labute approximate surface area is 118 Å². The number of nitrogens with one attached hydrogen (secondary N) is 1. The van der Waals surface area contributed by atoms with Crippen LogP contribution in [0.15, 0.2) is 18.5 Å². The molecule has 0 saturated carbocycles. The minimum absolute atomic E-state index is 0.0510. The summed E-state index contributed by atoms with van der Waals surface area (Å²) in [6.45, 7) is 5.40. The molecule has 5 nitrogen and oxygen atoms in total. The number of aromatic amines is 1. The molecular formula is C15H18N4O. The standard InChI is InChI=1S/C15H18N4O/c1-3-13-12-9-19(5-4-14(12)18-17-13)15(20)11-6-10(2)7-16-8-11/h6-8H,3-5,9H2,1-2H3,(H,17,18). The molecule has 104 valence electrons. The fraction of sp³-hybridized carbons (Fsp3) is 0.400.